The SMILES string of the molecule is C[C@@H](O)[C@H](NC(=O)NCCc1ccc(Cl)cc1Cl)C(=O)O. The minimum atomic E-state index is -1.36. The number of urea groups is 1. The molecule has 0 aliphatic rings. The van der Waals surface area contributed by atoms with Crippen LogP contribution >= 0.6 is 23.2 Å². The lowest BCUT2D eigenvalue weighted by Crippen LogP contribution is -2.51. The topological polar surface area (TPSA) is 98.7 Å². The third-order valence-corrected chi connectivity index (χ3v) is 3.32. The molecule has 4 N–H and O–H groups in total. The van der Waals surface area contributed by atoms with E-state index in [-0.39, 0.29) is 6.54 Å². The van der Waals surface area contributed by atoms with E-state index >= 15 is 0 Å². The first-order valence-corrected chi connectivity index (χ1v) is 6.96. The van der Waals surface area contributed by atoms with Crippen molar-refractivity contribution < 1.29 is 19.8 Å². The fourth-order valence-corrected chi connectivity index (χ4v) is 2.12. The number of amides is 2. The number of aliphatic hydroxyl groups excluding tert-OH is 1. The summed E-state index contributed by atoms with van der Waals surface area (Å²) < 4.78 is 0. The van der Waals surface area contributed by atoms with Crippen molar-refractivity contribution in [1.29, 1.82) is 0 Å². The molecular weight excluding hydrogens is 319 g/mol. The van der Waals surface area contributed by atoms with Gasteiger partial charge >= 0.3 is 12.0 Å². The summed E-state index contributed by atoms with van der Waals surface area (Å²) in [5, 5.41) is 23.8. The Balaban J connectivity index is 2.44. The van der Waals surface area contributed by atoms with Gasteiger partial charge in [0.2, 0.25) is 0 Å². The number of carbonyl (C=O) groups excluding carboxylic acids is 1. The molecule has 0 bridgehead atoms. The number of hydrogen-bond donors (Lipinski definition) is 4. The fraction of sp³-hybridized carbons (Fsp3) is 0.385. The quantitative estimate of drug-likeness (QED) is 0.635. The van der Waals surface area contributed by atoms with Crippen molar-refractivity contribution in [2.75, 3.05) is 6.54 Å². The van der Waals surface area contributed by atoms with E-state index < -0.39 is 24.1 Å². The first kappa shape index (κ1) is 17.6. The summed E-state index contributed by atoms with van der Waals surface area (Å²) in [6.45, 7) is 1.55. The fourth-order valence-electron chi connectivity index (χ4n) is 1.62. The Kier molecular flexibility index (Phi) is 6.74. The molecule has 2 amide bonds. The largest absolute Gasteiger partial charge is 0.480 e. The van der Waals surface area contributed by atoms with Gasteiger partial charge in [0.1, 0.15) is 0 Å². The molecule has 1 aromatic rings. The Labute approximate surface area is 132 Å². The smallest absolute Gasteiger partial charge is 0.328 e. The second kappa shape index (κ2) is 8.07. The van der Waals surface area contributed by atoms with E-state index in [1.54, 1.807) is 18.2 Å². The summed E-state index contributed by atoms with van der Waals surface area (Å²) in [6.07, 6.45) is -0.727. The van der Waals surface area contributed by atoms with Gasteiger partial charge in [0, 0.05) is 16.6 Å². The number of aliphatic carboxylic acids is 1. The van der Waals surface area contributed by atoms with E-state index in [0.717, 1.165) is 5.56 Å². The number of halogens is 2. The lowest BCUT2D eigenvalue weighted by molar-refractivity contribution is -0.141. The van der Waals surface area contributed by atoms with Gasteiger partial charge in [0.15, 0.2) is 6.04 Å². The van der Waals surface area contributed by atoms with Gasteiger partial charge in [-0.1, -0.05) is 29.3 Å². The number of aliphatic hydroxyl groups is 1. The Hall–Kier alpha value is -1.50. The van der Waals surface area contributed by atoms with Crippen LogP contribution in [0.25, 0.3) is 0 Å². The molecule has 0 unspecified atom stereocenters. The van der Waals surface area contributed by atoms with Gasteiger partial charge in [-0.3, -0.25) is 0 Å². The Morgan fingerprint density at radius 1 is 1.33 bits per heavy atom. The van der Waals surface area contributed by atoms with Crippen LogP contribution in [0.1, 0.15) is 12.5 Å². The van der Waals surface area contributed by atoms with Crippen LogP contribution in [0.15, 0.2) is 18.2 Å². The number of carbonyl (C=O) groups is 2. The maximum Gasteiger partial charge on any atom is 0.328 e. The highest BCUT2D eigenvalue weighted by atomic mass is 35.5. The van der Waals surface area contributed by atoms with E-state index in [4.69, 9.17) is 28.3 Å². The van der Waals surface area contributed by atoms with Crippen LogP contribution in [0.3, 0.4) is 0 Å². The summed E-state index contributed by atoms with van der Waals surface area (Å²) in [4.78, 5) is 22.4. The zero-order valence-electron chi connectivity index (χ0n) is 11.3. The molecule has 1 aromatic carbocycles. The highest BCUT2D eigenvalue weighted by Crippen LogP contribution is 2.20. The Morgan fingerprint density at radius 2 is 2.00 bits per heavy atom. The summed E-state index contributed by atoms with van der Waals surface area (Å²) in [5.41, 5.74) is 0.812. The number of carboxylic acid groups (broad SMARTS) is 1. The van der Waals surface area contributed by atoms with E-state index in [2.05, 4.69) is 10.6 Å². The Bertz CT molecular complexity index is 523. The van der Waals surface area contributed by atoms with Gasteiger partial charge in [0.25, 0.3) is 0 Å². The van der Waals surface area contributed by atoms with E-state index in [1.807, 2.05) is 0 Å². The molecule has 1 rings (SSSR count). The molecule has 0 spiro atoms. The van der Waals surface area contributed by atoms with Gasteiger partial charge < -0.3 is 20.8 Å². The van der Waals surface area contributed by atoms with Crippen molar-refractivity contribution in [2.24, 2.45) is 0 Å². The first-order chi connectivity index (χ1) is 9.81. The number of carboxylic acids is 1. The van der Waals surface area contributed by atoms with Crippen molar-refractivity contribution in [3.8, 4) is 0 Å². The number of rotatable bonds is 6. The minimum Gasteiger partial charge on any atom is -0.480 e. The maximum atomic E-state index is 11.5. The molecule has 0 heterocycles. The molecule has 0 saturated carbocycles. The first-order valence-electron chi connectivity index (χ1n) is 6.20. The van der Waals surface area contributed by atoms with Crippen molar-refractivity contribution in [3.63, 3.8) is 0 Å². The van der Waals surface area contributed by atoms with Crippen LogP contribution in [0.2, 0.25) is 10.0 Å². The summed E-state index contributed by atoms with van der Waals surface area (Å²) in [5.74, 6) is -1.30. The van der Waals surface area contributed by atoms with E-state index in [9.17, 15) is 14.7 Å². The molecule has 0 radical (unpaired) electrons. The predicted octanol–water partition coefficient (Wildman–Crippen LogP) is 1.67. The van der Waals surface area contributed by atoms with Crippen molar-refractivity contribution in [2.45, 2.75) is 25.5 Å². The zero-order chi connectivity index (χ0) is 16.0. The van der Waals surface area contributed by atoms with Gasteiger partial charge in [-0.25, -0.2) is 9.59 Å². The summed E-state index contributed by atoms with van der Waals surface area (Å²) in [7, 11) is 0. The molecule has 0 aliphatic carbocycles. The van der Waals surface area contributed by atoms with Crippen LogP contribution in [-0.2, 0) is 11.2 Å². The highest BCUT2D eigenvalue weighted by molar-refractivity contribution is 6.35. The van der Waals surface area contributed by atoms with Gasteiger partial charge in [-0.15, -0.1) is 0 Å². The lowest BCUT2D eigenvalue weighted by Gasteiger charge is -2.17. The third kappa shape index (κ3) is 5.79. The summed E-state index contributed by atoms with van der Waals surface area (Å²) in [6, 6.07) is 3.01. The van der Waals surface area contributed by atoms with Gasteiger partial charge in [-0.05, 0) is 31.0 Å². The van der Waals surface area contributed by atoms with E-state index in [1.165, 1.54) is 6.92 Å². The second-order valence-electron chi connectivity index (χ2n) is 4.44. The molecular formula is C13H16Cl2N2O4. The van der Waals surface area contributed by atoms with Gasteiger partial charge in [0.05, 0.1) is 6.10 Å². The molecule has 8 heteroatoms. The molecule has 0 fully saturated rings. The van der Waals surface area contributed by atoms with Crippen molar-refractivity contribution in [3.05, 3.63) is 33.8 Å². The van der Waals surface area contributed by atoms with Crippen LogP contribution in [0, 0.1) is 0 Å². The highest BCUT2D eigenvalue weighted by Gasteiger charge is 2.24. The minimum absolute atomic E-state index is 0.263. The number of benzene rings is 1. The molecule has 0 saturated heterocycles. The molecule has 0 aliphatic heterocycles. The third-order valence-electron chi connectivity index (χ3n) is 2.73. The molecule has 116 valence electrons. The van der Waals surface area contributed by atoms with Crippen LogP contribution in [0.5, 0.6) is 0 Å². The number of nitrogens with one attached hydrogen (secondary N) is 2. The van der Waals surface area contributed by atoms with Crippen LogP contribution in [-0.4, -0.2) is 40.9 Å². The number of hydrogen-bond acceptors (Lipinski definition) is 3. The standard InChI is InChI=1S/C13H16Cl2N2O4/c1-7(18)11(12(19)20)17-13(21)16-5-4-8-2-3-9(14)6-10(8)15/h2-3,6-7,11,18H,4-5H2,1H3,(H,19,20)(H2,16,17,21)/t7-,11+/m1/s1. The Morgan fingerprint density at radius 3 is 2.52 bits per heavy atom. The molecule has 0 aromatic heterocycles. The second-order valence-corrected chi connectivity index (χ2v) is 5.29. The van der Waals surface area contributed by atoms with Crippen molar-refractivity contribution in [1.82, 2.24) is 10.6 Å². The van der Waals surface area contributed by atoms with Crippen LogP contribution in [0.4, 0.5) is 4.79 Å². The van der Waals surface area contributed by atoms with Crippen molar-refractivity contribution >= 4 is 35.2 Å². The lowest BCUT2D eigenvalue weighted by atomic mass is 10.1. The molecule has 2 atom stereocenters. The van der Waals surface area contributed by atoms with E-state index in [0.29, 0.717) is 16.5 Å². The average Bonchev–Trinajstić information content (AvgIpc) is 2.37. The van der Waals surface area contributed by atoms with Gasteiger partial charge in [-0.2, -0.15) is 0 Å². The average molecular weight is 335 g/mol. The maximum absolute atomic E-state index is 11.5. The molecule has 6 nitrogen and oxygen atoms in total. The van der Waals surface area contributed by atoms with Crippen LogP contribution < -0.4 is 10.6 Å². The predicted molar refractivity (Wildman–Crippen MR) is 79.8 cm³/mol. The monoisotopic (exact) mass is 334 g/mol. The normalized spacial score (nSPS) is 13.3. The molecule has 21 heavy (non-hydrogen) atoms. The summed E-state index contributed by atoms with van der Waals surface area (Å²) >= 11 is 11.8. The zero-order valence-corrected chi connectivity index (χ0v) is 12.8.